The Morgan fingerprint density at radius 3 is 3.06 bits per heavy atom. The first-order valence-electron chi connectivity index (χ1n) is 5.95. The Morgan fingerprint density at radius 1 is 1.50 bits per heavy atom. The lowest BCUT2D eigenvalue weighted by atomic mass is 10.3. The zero-order valence-corrected chi connectivity index (χ0v) is 9.71. The van der Waals surface area contributed by atoms with Gasteiger partial charge in [0.2, 0.25) is 0 Å². The molecule has 6 heteroatoms. The first-order chi connectivity index (χ1) is 7.79. The molecule has 0 amide bonds. The Bertz CT molecular complexity index is 327. The van der Waals surface area contributed by atoms with E-state index in [0.29, 0.717) is 0 Å². The highest BCUT2D eigenvalue weighted by Gasteiger charge is 2.21. The first kappa shape index (κ1) is 11.5. The Morgan fingerprint density at radius 2 is 2.38 bits per heavy atom. The number of aromatic nitrogens is 4. The number of aliphatic hydroxyl groups is 1. The number of hydrogen-bond acceptors (Lipinski definition) is 5. The predicted octanol–water partition coefficient (Wildman–Crippen LogP) is 0.0398. The number of likely N-dealkylation sites (tertiary alicyclic amines) is 1. The van der Waals surface area contributed by atoms with Gasteiger partial charge in [-0.2, -0.15) is 0 Å². The molecule has 1 aromatic rings. The lowest BCUT2D eigenvalue weighted by molar-refractivity contribution is 0.173. The molecule has 1 saturated heterocycles. The molecule has 0 saturated carbocycles. The molecule has 16 heavy (non-hydrogen) atoms. The van der Waals surface area contributed by atoms with E-state index in [1.807, 2.05) is 4.68 Å². The van der Waals surface area contributed by atoms with E-state index < -0.39 is 0 Å². The minimum atomic E-state index is -0.181. The van der Waals surface area contributed by atoms with Gasteiger partial charge in [-0.3, -0.25) is 4.90 Å². The Hall–Kier alpha value is -1.01. The summed E-state index contributed by atoms with van der Waals surface area (Å²) in [6, 6.07) is 0. The summed E-state index contributed by atoms with van der Waals surface area (Å²) < 4.78 is 1.87. The summed E-state index contributed by atoms with van der Waals surface area (Å²) in [6.45, 7) is 5.45. The quantitative estimate of drug-likeness (QED) is 0.766. The van der Waals surface area contributed by atoms with Crippen LogP contribution in [0, 0.1) is 0 Å². The summed E-state index contributed by atoms with van der Waals surface area (Å²) in [6.07, 6.45) is 2.92. The van der Waals surface area contributed by atoms with Gasteiger partial charge in [0, 0.05) is 19.6 Å². The van der Waals surface area contributed by atoms with Gasteiger partial charge < -0.3 is 5.11 Å². The smallest absolute Gasteiger partial charge is 0.165 e. The topological polar surface area (TPSA) is 67.1 Å². The van der Waals surface area contributed by atoms with Gasteiger partial charge in [-0.1, -0.05) is 13.3 Å². The number of unbranched alkanes of at least 4 members (excludes halogenated alkanes) is 1. The van der Waals surface area contributed by atoms with Crippen LogP contribution >= 0.6 is 0 Å². The molecule has 1 N–H and O–H groups in total. The van der Waals surface area contributed by atoms with Crippen molar-refractivity contribution >= 4 is 0 Å². The molecule has 0 aromatic carbocycles. The van der Waals surface area contributed by atoms with E-state index in [-0.39, 0.29) is 6.10 Å². The summed E-state index contributed by atoms with van der Waals surface area (Å²) in [5, 5.41) is 21.2. The third-order valence-electron chi connectivity index (χ3n) is 2.94. The van der Waals surface area contributed by atoms with Gasteiger partial charge in [0.15, 0.2) is 5.82 Å². The molecule has 1 unspecified atom stereocenters. The number of tetrazole rings is 1. The lowest BCUT2D eigenvalue weighted by Gasteiger charge is -2.13. The van der Waals surface area contributed by atoms with Gasteiger partial charge >= 0.3 is 0 Å². The van der Waals surface area contributed by atoms with Crippen molar-refractivity contribution in [1.29, 1.82) is 0 Å². The second-order valence-corrected chi connectivity index (χ2v) is 4.35. The van der Waals surface area contributed by atoms with Crippen molar-refractivity contribution in [2.75, 3.05) is 13.1 Å². The zero-order valence-electron chi connectivity index (χ0n) is 9.71. The minimum absolute atomic E-state index is 0.181. The summed E-state index contributed by atoms with van der Waals surface area (Å²) in [5.41, 5.74) is 0. The molecule has 1 fully saturated rings. The monoisotopic (exact) mass is 225 g/mol. The van der Waals surface area contributed by atoms with Crippen LogP contribution in [0.5, 0.6) is 0 Å². The molecular weight excluding hydrogens is 206 g/mol. The van der Waals surface area contributed by atoms with Gasteiger partial charge in [0.1, 0.15) is 0 Å². The maximum absolute atomic E-state index is 9.44. The van der Waals surface area contributed by atoms with Crippen molar-refractivity contribution in [2.45, 2.75) is 45.4 Å². The molecule has 0 spiro atoms. The normalized spacial score (nSPS) is 21.8. The molecular formula is C10H19N5O. The highest BCUT2D eigenvalue weighted by atomic mass is 16.3. The summed E-state index contributed by atoms with van der Waals surface area (Å²) in [4.78, 5) is 2.19. The third-order valence-corrected chi connectivity index (χ3v) is 2.94. The number of aryl methyl sites for hydroxylation is 1. The fraction of sp³-hybridized carbons (Fsp3) is 0.900. The fourth-order valence-corrected chi connectivity index (χ4v) is 1.97. The molecule has 6 nitrogen and oxygen atoms in total. The van der Waals surface area contributed by atoms with Gasteiger partial charge in [-0.15, -0.1) is 5.10 Å². The molecule has 1 aliphatic rings. The van der Waals surface area contributed by atoms with Gasteiger partial charge in [0.05, 0.1) is 12.6 Å². The van der Waals surface area contributed by atoms with E-state index in [1.165, 1.54) is 0 Å². The average molecular weight is 225 g/mol. The van der Waals surface area contributed by atoms with Crippen LogP contribution in [0.2, 0.25) is 0 Å². The lowest BCUT2D eigenvalue weighted by Crippen LogP contribution is -2.24. The van der Waals surface area contributed by atoms with Crippen molar-refractivity contribution < 1.29 is 5.11 Å². The van der Waals surface area contributed by atoms with E-state index in [0.717, 1.165) is 51.3 Å². The maximum atomic E-state index is 9.44. The molecule has 2 heterocycles. The minimum Gasteiger partial charge on any atom is -0.392 e. The van der Waals surface area contributed by atoms with Crippen molar-refractivity contribution in [3.8, 4) is 0 Å². The molecule has 0 bridgehead atoms. The number of hydrogen-bond donors (Lipinski definition) is 1. The van der Waals surface area contributed by atoms with E-state index >= 15 is 0 Å². The number of nitrogens with zero attached hydrogens (tertiary/aromatic N) is 5. The van der Waals surface area contributed by atoms with Crippen LogP contribution in [0.1, 0.15) is 32.0 Å². The molecule has 0 aliphatic carbocycles. The van der Waals surface area contributed by atoms with Crippen LogP contribution in [0.3, 0.4) is 0 Å². The van der Waals surface area contributed by atoms with Crippen LogP contribution in [-0.4, -0.2) is 49.4 Å². The Labute approximate surface area is 95.2 Å². The summed E-state index contributed by atoms with van der Waals surface area (Å²) in [7, 11) is 0. The molecule has 90 valence electrons. The van der Waals surface area contributed by atoms with E-state index in [9.17, 15) is 5.11 Å². The molecule has 1 atom stereocenters. The number of aliphatic hydroxyl groups excluding tert-OH is 1. The highest BCUT2D eigenvalue weighted by Crippen LogP contribution is 2.11. The molecule has 2 rings (SSSR count). The maximum Gasteiger partial charge on any atom is 0.165 e. The van der Waals surface area contributed by atoms with Gasteiger partial charge in [-0.25, -0.2) is 4.68 Å². The van der Waals surface area contributed by atoms with Crippen molar-refractivity contribution in [2.24, 2.45) is 0 Å². The van der Waals surface area contributed by atoms with Crippen molar-refractivity contribution in [3.63, 3.8) is 0 Å². The second-order valence-electron chi connectivity index (χ2n) is 4.35. The van der Waals surface area contributed by atoms with E-state index in [1.54, 1.807) is 0 Å². The van der Waals surface area contributed by atoms with Crippen LogP contribution < -0.4 is 0 Å². The van der Waals surface area contributed by atoms with Crippen molar-refractivity contribution in [1.82, 2.24) is 25.1 Å². The Balaban J connectivity index is 1.90. The molecule has 1 aliphatic heterocycles. The predicted molar refractivity (Wildman–Crippen MR) is 58.6 cm³/mol. The fourth-order valence-electron chi connectivity index (χ4n) is 1.97. The summed E-state index contributed by atoms with van der Waals surface area (Å²) in [5.74, 6) is 0.905. The zero-order chi connectivity index (χ0) is 11.4. The van der Waals surface area contributed by atoms with Gasteiger partial charge in [0.25, 0.3) is 0 Å². The largest absolute Gasteiger partial charge is 0.392 e. The molecule has 1 aromatic heterocycles. The SMILES string of the molecule is CCCCn1nnnc1CN1CCC(O)C1. The van der Waals surface area contributed by atoms with E-state index in [4.69, 9.17) is 0 Å². The third kappa shape index (κ3) is 2.76. The first-order valence-corrected chi connectivity index (χ1v) is 5.95. The van der Waals surface area contributed by atoms with E-state index in [2.05, 4.69) is 27.3 Å². The van der Waals surface area contributed by atoms with Crippen LogP contribution in [-0.2, 0) is 13.1 Å². The van der Waals surface area contributed by atoms with Crippen LogP contribution in [0.4, 0.5) is 0 Å². The average Bonchev–Trinajstić information content (AvgIpc) is 2.86. The summed E-state index contributed by atoms with van der Waals surface area (Å²) >= 11 is 0. The highest BCUT2D eigenvalue weighted by molar-refractivity contribution is 4.84. The standard InChI is InChI=1S/C10H19N5O/c1-2-3-5-15-10(11-12-13-15)8-14-6-4-9(16)7-14/h9,16H,2-8H2,1H3. The van der Waals surface area contributed by atoms with Gasteiger partial charge in [-0.05, 0) is 23.3 Å². The number of rotatable bonds is 5. The Kier molecular flexibility index (Phi) is 3.84. The number of β-amino-alcohol motifs (C(OH)–C–C–N with tert-alkyl or cyclic N) is 1. The van der Waals surface area contributed by atoms with Crippen LogP contribution in [0.15, 0.2) is 0 Å². The molecule has 0 radical (unpaired) electrons. The van der Waals surface area contributed by atoms with Crippen molar-refractivity contribution in [3.05, 3.63) is 5.82 Å². The van der Waals surface area contributed by atoms with Crippen LogP contribution in [0.25, 0.3) is 0 Å². The second kappa shape index (κ2) is 5.36.